The number of nitrogens with zero attached hydrogens (tertiary/aromatic N) is 3. The van der Waals surface area contributed by atoms with E-state index in [-0.39, 0.29) is 17.5 Å². The van der Waals surface area contributed by atoms with Gasteiger partial charge in [-0.1, -0.05) is 6.07 Å². The number of aromatic nitrogens is 2. The summed E-state index contributed by atoms with van der Waals surface area (Å²) in [5, 5.41) is 0. The standard InChI is InChI=1S/C17H18N4O4/c22-15(13-5-4-11-2-1-3-12(11)18-13)20-6-8-21(9-7-20)16(23)14-10-25-17(24)19-14/h4-5,10H,1-3,6-9H2,(H,19,24). The van der Waals surface area contributed by atoms with Gasteiger partial charge < -0.3 is 14.2 Å². The summed E-state index contributed by atoms with van der Waals surface area (Å²) in [5.41, 5.74) is 2.87. The Morgan fingerprint density at radius 1 is 1.04 bits per heavy atom. The average molecular weight is 342 g/mol. The molecule has 1 N–H and O–H groups in total. The van der Waals surface area contributed by atoms with Gasteiger partial charge >= 0.3 is 5.76 Å². The summed E-state index contributed by atoms with van der Waals surface area (Å²) >= 11 is 0. The number of H-pyrrole nitrogens is 1. The minimum Gasteiger partial charge on any atom is -0.416 e. The number of pyridine rings is 1. The van der Waals surface area contributed by atoms with Crippen LogP contribution in [0.2, 0.25) is 0 Å². The van der Waals surface area contributed by atoms with Crippen molar-refractivity contribution < 1.29 is 14.0 Å². The molecule has 0 atom stereocenters. The van der Waals surface area contributed by atoms with Gasteiger partial charge in [-0.15, -0.1) is 0 Å². The third-order valence-electron chi connectivity index (χ3n) is 4.75. The van der Waals surface area contributed by atoms with Gasteiger partial charge in [0.25, 0.3) is 11.8 Å². The topological polar surface area (TPSA) is 99.5 Å². The fourth-order valence-corrected chi connectivity index (χ4v) is 3.37. The molecule has 0 saturated carbocycles. The minimum atomic E-state index is -0.653. The molecule has 1 fully saturated rings. The number of fused-ring (bicyclic) bond motifs is 1. The Balaban J connectivity index is 1.40. The van der Waals surface area contributed by atoms with Crippen molar-refractivity contribution >= 4 is 11.8 Å². The van der Waals surface area contributed by atoms with Crippen molar-refractivity contribution in [3.63, 3.8) is 0 Å². The van der Waals surface area contributed by atoms with Crippen LogP contribution >= 0.6 is 0 Å². The quantitative estimate of drug-likeness (QED) is 0.854. The first-order valence-corrected chi connectivity index (χ1v) is 8.37. The third kappa shape index (κ3) is 2.95. The number of aromatic amines is 1. The van der Waals surface area contributed by atoms with Crippen molar-refractivity contribution in [2.45, 2.75) is 19.3 Å². The molecular weight excluding hydrogens is 324 g/mol. The molecule has 2 aromatic rings. The maximum absolute atomic E-state index is 12.6. The van der Waals surface area contributed by atoms with Gasteiger partial charge in [0.2, 0.25) is 0 Å². The van der Waals surface area contributed by atoms with Crippen LogP contribution in [-0.4, -0.2) is 57.8 Å². The first-order chi connectivity index (χ1) is 12.1. The number of aryl methyl sites for hydroxylation is 2. The van der Waals surface area contributed by atoms with Crippen molar-refractivity contribution in [2.75, 3.05) is 26.2 Å². The highest BCUT2D eigenvalue weighted by molar-refractivity contribution is 5.94. The van der Waals surface area contributed by atoms with Gasteiger partial charge in [-0.3, -0.25) is 14.6 Å². The zero-order valence-corrected chi connectivity index (χ0v) is 13.7. The van der Waals surface area contributed by atoms with Gasteiger partial charge in [-0.2, -0.15) is 0 Å². The zero-order chi connectivity index (χ0) is 17.4. The smallest absolute Gasteiger partial charge is 0.416 e. The molecule has 2 aliphatic rings. The highest BCUT2D eigenvalue weighted by Gasteiger charge is 2.27. The predicted octanol–water partition coefficient (Wildman–Crippen LogP) is 0.450. The van der Waals surface area contributed by atoms with E-state index in [2.05, 4.69) is 14.4 Å². The Labute approximate surface area is 143 Å². The molecule has 0 aromatic carbocycles. The van der Waals surface area contributed by atoms with Crippen molar-refractivity contribution in [2.24, 2.45) is 0 Å². The van der Waals surface area contributed by atoms with Crippen LogP contribution in [0.5, 0.6) is 0 Å². The molecule has 1 saturated heterocycles. The summed E-state index contributed by atoms with van der Waals surface area (Å²) in [7, 11) is 0. The summed E-state index contributed by atoms with van der Waals surface area (Å²) in [6, 6.07) is 3.79. The Bertz CT molecular complexity index is 877. The fourth-order valence-electron chi connectivity index (χ4n) is 3.37. The van der Waals surface area contributed by atoms with E-state index in [1.54, 1.807) is 15.9 Å². The monoisotopic (exact) mass is 342 g/mol. The molecule has 0 unspecified atom stereocenters. The molecule has 0 spiro atoms. The van der Waals surface area contributed by atoms with Crippen LogP contribution in [-0.2, 0) is 12.8 Å². The number of hydrogen-bond donors (Lipinski definition) is 1. The first-order valence-electron chi connectivity index (χ1n) is 8.37. The molecule has 1 aliphatic carbocycles. The Kier molecular flexibility index (Phi) is 3.87. The summed E-state index contributed by atoms with van der Waals surface area (Å²) in [4.78, 5) is 46.1. The second-order valence-electron chi connectivity index (χ2n) is 6.30. The number of carbonyl (C=O) groups is 2. The summed E-state index contributed by atoms with van der Waals surface area (Å²) in [6.45, 7) is 1.68. The molecule has 1 aliphatic heterocycles. The molecule has 130 valence electrons. The molecule has 4 rings (SSSR count). The number of oxazole rings is 1. The fraction of sp³-hybridized carbons (Fsp3) is 0.412. The number of hydrogen-bond acceptors (Lipinski definition) is 5. The molecule has 2 aromatic heterocycles. The lowest BCUT2D eigenvalue weighted by Gasteiger charge is -2.34. The van der Waals surface area contributed by atoms with E-state index >= 15 is 0 Å². The molecule has 8 heteroatoms. The summed E-state index contributed by atoms with van der Waals surface area (Å²) in [5.74, 6) is -1.05. The summed E-state index contributed by atoms with van der Waals surface area (Å²) in [6.07, 6.45) is 4.18. The van der Waals surface area contributed by atoms with Crippen LogP contribution < -0.4 is 5.76 Å². The van der Waals surface area contributed by atoms with Crippen LogP contribution in [0.3, 0.4) is 0 Å². The third-order valence-corrected chi connectivity index (χ3v) is 4.75. The van der Waals surface area contributed by atoms with E-state index in [4.69, 9.17) is 0 Å². The predicted molar refractivity (Wildman–Crippen MR) is 87.4 cm³/mol. The van der Waals surface area contributed by atoms with E-state index in [1.165, 1.54) is 5.56 Å². The maximum Gasteiger partial charge on any atom is 0.416 e. The highest BCUT2D eigenvalue weighted by atomic mass is 16.4. The molecular formula is C17H18N4O4. The van der Waals surface area contributed by atoms with Crippen LogP contribution in [0.15, 0.2) is 27.6 Å². The molecule has 0 radical (unpaired) electrons. The van der Waals surface area contributed by atoms with Crippen LogP contribution in [0.4, 0.5) is 0 Å². The van der Waals surface area contributed by atoms with Gasteiger partial charge in [0.05, 0.1) is 0 Å². The molecule has 25 heavy (non-hydrogen) atoms. The Hall–Kier alpha value is -2.90. The number of piperazine rings is 1. The minimum absolute atomic E-state index is 0.0986. The van der Waals surface area contributed by atoms with Gasteiger partial charge in [-0.25, -0.2) is 9.78 Å². The second-order valence-corrected chi connectivity index (χ2v) is 6.30. The molecule has 2 amide bonds. The zero-order valence-electron chi connectivity index (χ0n) is 13.7. The van der Waals surface area contributed by atoms with Crippen molar-refractivity contribution in [3.8, 4) is 0 Å². The lowest BCUT2D eigenvalue weighted by Crippen LogP contribution is -2.50. The average Bonchev–Trinajstić information content (AvgIpc) is 3.28. The van der Waals surface area contributed by atoms with Crippen LogP contribution in [0.25, 0.3) is 0 Å². The SMILES string of the molecule is O=C(c1ccc2c(n1)CCC2)N1CCN(C(=O)c2coc(=O)[nH]2)CC1. The van der Waals surface area contributed by atoms with Gasteiger partial charge in [0.15, 0.2) is 0 Å². The van der Waals surface area contributed by atoms with Crippen molar-refractivity contribution in [3.05, 3.63) is 51.6 Å². The van der Waals surface area contributed by atoms with Gasteiger partial charge in [-0.05, 0) is 30.9 Å². The van der Waals surface area contributed by atoms with E-state index in [9.17, 15) is 14.4 Å². The number of rotatable bonds is 2. The highest BCUT2D eigenvalue weighted by Crippen LogP contribution is 2.20. The second kappa shape index (κ2) is 6.19. The molecule has 3 heterocycles. The van der Waals surface area contributed by atoms with Crippen LogP contribution in [0.1, 0.15) is 38.7 Å². The van der Waals surface area contributed by atoms with Crippen molar-refractivity contribution in [1.82, 2.24) is 19.8 Å². The lowest BCUT2D eigenvalue weighted by molar-refractivity contribution is 0.0529. The molecule has 8 nitrogen and oxygen atoms in total. The lowest BCUT2D eigenvalue weighted by atomic mass is 10.2. The number of carbonyl (C=O) groups excluding carboxylic acids is 2. The van der Waals surface area contributed by atoms with E-state index in [0.717, 1.165) is 31.2 Å². The van der Waals surface area contributed by atoms with E-state index < -0.39 is 5.76 Å². The Morgan fingerprint density at radius 3 is 2.44 bits per heavy atom. The Morgan fingerprint density at radius 2 is 1.76 bits per heavy atom. The van der Waals surface area contributed by atoms with Gasteiger partial charge in [0, 0.05) is 31.9 Å². The molecule has 0 bridgehead atoms. The normalized spacial score (nSPS) is 16.8. The number of nitrogens with one attached hydrogen (secondary N) is 1. The van der Waals surface area contributed by atoms with Crippen LogP contribution in [0, 0.1) is 0 Å². The largest absolute Gasteiger partial charge is 0.416 e. The maximum atomic E-state index is 12.6. The van der Waals surface area contributed by atoms with E-state index in [0.29, 0.717) is 31.9 Å². The first kappa shape index (κ1) is 15.6. The van der Waals surface area contributed by atoms with E-state index in [1.807, 2.05) is 6.07 Å². The number of amides is 2. The van der Waals surface area contributed by atoms with Gasteiger partial charge in [0.1, 0.15) is 17.7 Å². The summed E-state index contributed by atoms with van der Waals surface area (Å²) < 4.78 is 4.60. The van der Waals surface area contributed by atoms with Crippen molar-refractivity contribution in [1.29, 1.82) is 0 Å².